The van der Waals surface area contributed by atoms with E-state index in [2.05, 4.69) is 31.2 Å². The Morgan fingerprint density at radius 2 is 2.25 bits per heavy atom. The quantitative estimate of drug-likeness (QED) is 0.672. The summed E-state index contributed by atoms with van der Waals surface area (Å²) in [4.78, 5) is 0. The maximum absolute atomic E-state index is 5.19. The normalized spacial score (nSPS) is 11.4. The van der Waals surface area contributed by atoms with Gasteiger partial charge in [0, 0.05) is 5.92 Å². The fourth-order valence-corrected chi connectivity index (χ4v) is 2.42. The Balaban J connectivity index is 2.32. The first-order valence-electron chi connectivity index (χ1n) is 6.08. The molecule has 20 heavy (non-hydrogen) atoms. The van der Waals surface area contributed by atoms with Crippen LogP contribution in [0.5, 0.6) is 5.75 Å². The van der Waals surface area contributed by atoms with Crippen molar-refractivity contribution in [1.29, 1.82) is 0 Å². The number of benzene rings is 1. The van der Waals surface area contributed by atoms with Crippen LogP contribution in [-0.4, -0.2) is 28.2 Å². The molecule has 1 aromatic heterocycles. The lowest BCUT2D eigenvalue weighted by atomic mass is 10.2. The van der Waals surface area contributed by atoms with E-state index >= 15 is 0 Å². The summed E-state index contributed by atoms with van der Waals surface area (Å²) in [5.41, 5.74) is 0.940. The number of hydrogen-bond acceptors (Lipinski definition) is 4. The summed E-state index contributed by atoms with van der Waals surface area (Å²) in [6.45, 7) is 4.09. The Kier molecular flexibility index (Phi) is 4.72. The highest BCUT2D eigenvalue weighted by Crippen LogP contribution is 2.24. The maximum atomic E-state index is 5.19. The van der Waals surface area contributed by atoms with Gasteiger partial charge in [0.25, 0.3) is 0 Å². The minimum atomic E-state index is 0.239. The van der Waals surface area contributed by atoms with E-state index in [1.807, 2.05) is 32.0 Å². The lowest BCUT2D eigenvalue weighted by Gasteiger charge is -2.04. The molecule has 0 unspecified atom stereocenters. The molecule has 0 fully saturated rings. The highest BCUT2D eigenvalue weighted by Gasteiger charge is 2.08. The molecule has 2 aromatic rings. The van der Waals surface area contributed by atoms with Gasteiger partial charge in [0.05, 0.1) is 17.8 Å². The summed E-state index contributed by atoms with van der Waals surface area (Å²) in [6.07, 6.45) is 1.74. The monoisotopic (exact) mass is 354 g/mol. The second kappa shape index (κ2) is 6.32. The van der Waals surface area contributed by atoms with Gasteiger partial charge in [-0.15, -0.1) is 0 Å². The van der Waals surface area contributed by atoms with Crippen molar-refractivity contribution in [3.8, 4) is 5.75 Å². The average Bonchev–Trinajstić information content (AvgIpc) is 2.78. The van der Waals surface area contributed by atoms with Gasteiger partial charge in [-0.25, -0.2) is 0 Å². The minimum Gasteiger partial charge on any atom is -0.496 e. The first-order valence-corrected chi connectivity index (χ1v) is 7.28. The third kappa shape index (κ3) is 3.16. The average molecular weight is 355 g/mol. The summed E-state index contributed by atoms with van der Waals surface area (Å²) in [5.74, 6) is 1.83. The number of methoxy groups -OCH3 is 1. The second-order valence-corrected chi connectivity index (χ2v) is 5.73. The zero-order chi connectivity index (χ0) is 14.7. The molecule has 0 radical (unpaired) electrons. The Morgan fingerprint density at radius 1 is 1.50 bits per heavy atom. The molecule has 2 rings (SSSR count). The van der Waals surface area contributed by atoms with Crippen LogP contribution >= 0.6 is 28.1 Å². The Bertz CT molecular complexity index is 690. The van der Waals surface area contributed by atoms with E-state index in [4.69, 9.17) is 17.0 Å². The van der Waals surface area contributed by atoms with Gasteiger partial charge >= 0.3 is 0 Å². The van der Waals surface area contributed by atoms with E-state index < -0.39 is 0 Å². The van der Waals surface area contributed by atoms with Crippen molar-refractivity contribution >= 4 is 34.4 Å². The number of aromatic amines is 1. The number of hydrogen-bond donors (Lipinski definition) is 1. The van der Waals surface area contributed by atoms with Crippen molar-refractivity contribution in [2.45, 2.75) is 19.8 Å². The molecule has 106 valence electrons. The van der Waals surface area contributed by atoms with Crippen LogP contribution in [0.3, 0.4) is 0 Å². The van der Waals surface area contributed by atoms with Crippen molar-refractivity contribution in [3.05, 3.63) is 38.8 Å². The van der Waals surface area contributed by atoms with Gasteiger partial charge in [0.2, 0.25) is 4.77 Å². The molecule has 0 aliphatic heterocycles. The van der Waals surface area contributed by atoms with Crippen LogP contribution in [0.2, 0.25) is 0 Å². The fraction of sp³-hybridized carbons (Fsp3) is 0.308. The predicted octanol–water partition coefficient (Wildman–Crippen LogP) is 3.72. The first kappa shape index (κ1) is 14.9. The van der Waals surface area contributed by atoms with E-state index in [1.54, 1.807) is 18.0 Å². The van der Waals surface area contributed by atoms with E-state index in [0.29, 0.717) is 4.77 Å². The van der Waals surface area contributed by atoms with E-state index in [1.165, 1.54) is 0 Å². The van der Waals surface area contributed by atoms with Crippen molar-refractivity contribution in [2.75, 3.05) is 7.11 Å². The molecule has 0 aliphatic rings. The molecule has 0 saturated carbocycles. The lowest BCUT2D eigenvalue weighted by molar-refractivity contribution is 0.412. The van der Waals surface area contributed by atoms with E-state index in [0.717, 1.165) is 21.6 Å². The van der Waals surface area contributed by atoms with Crippen molar-refractivity contribution in [1.82, 2.24) is 14.9 Å². The van der Waals surface area contributed by atoms with Crippen LogP contribution in [0, 0.1) is 4.77 Å². The molecule has 1 aromatic carbocycles. The molecule has 0 atom stereocenters. The summed E-state index contributed by atoms with van der Waals surface area (Å²) in [6, 6.07) is 5.73. The van der Waals surface area contributed by atoms with Crippen molar-refractivity contribution in [2.24, 2.45) is 5.10 Å². The first-order chi connectivity index (χ1) is 9.52. The molecular formula is C13H15BrN4OS. The minimum absolute atomic E-state index is 0.239. The number of aromatic nitrogens is 3. The molecule has 0 spiro atoms. The summed E-state index contributed by atoms with van der Waals surface area (Å²) < 4.78 is 8.19. The Labute approximate surface area is 130 Å². The van der Waals surface area contributed by atoms with Crippen molar-refractivity contribution in [3.63, 3.8) is 0 Å². The molecular weight excluding hydrogens is 340 g/mol. The largest absolute Gasteiger partial charge is 0.496 e. The molecule has 5 nitrogen and oxygen atoms in total. The molecule has 7 heteroatoms. The van der Waals surface area contributed by atoms with Gasteiger partial charge in [0.1, 0.15) is 5.75 Å². The summed E-state index contributed by atoms with van der Waals surface area (Å²) >= 11 is 8.62. The SMILES string of the molecule is COc1ccc(C=Nn2c(C(C)C)n[nH]c2=S)cc1Br. The van der Waals surface area contributed by atoms with Crippen LogP contribution in [0.25, 0.3) is 0 Å². The molecule has 0 aliphatic carbocycles. The van der Waals surface area contributed by atoms with E-state index in [-0.39, 0.29) is 5.92 Å². The van der Waals surface area contributed by atoms with Gasteiger partial charge < -0.3 is 4.74 Å². The molecule has 1 heterocycles. The second-order valence-electron chi connectivity index (χ2n) is 4.49. The van der Waals surface area contributed by atoms with Crippen LogP contribution in [0.15, 0.2) is 27.8 Å². The Morgan fingerprint density at radius 3 is 2.85 bits per heavy atom. The lowest BCUT2D eigenvalue weighted by Crippen LogP contribution is -2.01. The number of H-pyrrole nitrogens is 1. The maximum Gasteiger partial charge on any atom is 0.216 e. The van der Waals surface area contributed by atoms with Gasteiger partial charge in [0.15, 0.2) is 5.82 Å². The number of halogens is 1. The van der Waals surface area contributed by atoms with Crippen LogP contribution in [-0.2, 0) is 0 Å². The third-order valence-corrected chi connectivity index (χ3v) is 3.57. The van der Waals surface area contributed by atoms with Gasteiger partial charge in [-0.1, -0.05) is 13.8 Å². The molecule has 0 saturated heterocycles. The van der Waals surface area contributed by atoms with Gasteiger partial charge in [-0.3, -0.25) is 5.10 Å². The summed E-state index contributed by atoms with van der Waals surface area (Å²) in [7, 11) is 1.63. The fourth-order valence-electron chi connectivity index (χ4n) is 1.68. The zero-order valence-corrected chi connectivity index (χ0v) is 13.8. The topological polar surface area (TPSA) is 55.2 Å². The highest BCUT2D eigenvalue weighted by atomic mass is 79.9. The zero-order valence-electron chi connectivity index (χ0n) is 11.4. The number of nitrogens with one attached hydrogen (secondary N) is 1. The Hall–Kier alpha value is -1.47. The third-order valence-electron chi connectivity index (χ3n) is 2.69. The van der Waals surface area contributed by atoms with Gasteiger partial charge in [-0.05, 0) is 51.9 Å². The number of nitrogens with zero attached hydrogens (tertiary/aromatic N) is 3. The molecule has 0 amide bonds. The predicted molar refractivity (Wildman–Crippen MR) is 85.2 cm³/mol. The van der Waals surface area contributed by atoms with Gasteiger partial charge in [-0.2, -0.15) is 14.9 Å². The van der Waals surface area contributed by atoms with Crippen LogP contribution in [0.4, 0.5) is 0 Å². The van der Waals surface area contributed by atoms with E-state index in [9.17, 15) is 0 Å². The van der Waals surface area contributed by atoms with Crippen molar-refractivity contribution < 1.29 is 4.74 Å². The smallest absolute Gasteiger partial charge is 0.216 e. The number of rotatable bonds is 4. The van der Waals surface area contributed by atoms with Crippen LogP contribution in [0.1, 0.15) is 31.2 Å². The summed E-state index contributed by atoms with van der Waals surface area (Å²) in [5, 5.41) is 11.3. The molecule has 1 N–H and O–H groups in total. The van der Waals surface area contributed by atoms with Crippen LogP contribution < -0.4 is 4.74 Å². The molecule has 0 bridgehead atoms. The number of ether oxygens (including phenoxy) is 1. The highest BCUT2D eigenvalue weighted by molar-refractivity contribution is 9.10. The standard InChI is InChI=1S/C13H15BrN4OS/c1-8(2)12-16-17-13(20)18(12)15-7-9-4-5-11(19-3)10(14)6-9/h4-8H,1-3H3,(H,17,20).